The van der Waals surface area contributed by atoms with Crippen LogP contribution in [0.15, 0.2) is 23.6 Å². The Morgan fingerprint density at radius 3 is 3.17 bits per heavy atom. The molecule has 1 aliphatic heterocycles. The second-order valence-electron chi connectivity index (χ2n) is 2.96. The molecule has 0 spiro atoms. The van der Waals surface area contributed by atoms with Gasteiger partial charge < -0.3 is 11.1 Å². The van der Waals surface area contributed by atoms with Crippen molar-refractivity contribution in [3.05, 3.63) is 28.5 Å². The largest absolute Gasteiger partial charge is 0.323 e. The SMILES string of the molecule is NC1C=C(c2cccs2)CNC1. The molecule has 2 rings (SSSR count). The maximum atomic E-state index is 5.80. The van der Waals surface area contributed by atoms with Crippen LogP contribution >= 0.6 is 11.3 Å². The van der Waals surface area contributed by atoms with Crippen LogP contribution in [0, 0.1) is 0 Å². The van der Waals surface area contributed by atoms with Crippen molar-refractivity contribution in [2.75, 3.05) is 13.1 Å². The zero-order chi connectivity index (χ0) is 8.39. The molecule has 0 aromatic carbocycles. The van der Waals surface area contributed by atoms with Gasteiger partial charge in [0.05, 0.1) is 0 Å². The predicted octanol–water partition coefficient (Wildman–Crippen LogP) is 1.06. The van der Waals surface area contributed by atoms with Gasteiger partial charge in [0.1, 0.15) is 0 Å². The van der Waals surface area contributed by atoms with Gasteiger partial charge in [-0.25, -0.2) is 0 Å². The predicted molar refractivity (Wildman–Crippen MR) is 53.1 cm³/mol. The fourth-order valence-electron chi connectivity index (χ4n) is 1.38. The van der Waals surface area contributed by atoms with Gasteiger partial charge in [-0.15, -0.1) is 11.3 Å². The summed E-state index contributed by atoms with van der Waals surface area (Å²) in [6.07, 6.45) is 2.16. The fraction of sp³-hybridized carbons (Fsp3) is 0.333. The van der Waals surface area contributed by atoms with E-state index in [0.717, 1.165) is 13.1 Å². The maximum Gasteiger partial charge on any atom is 0.0357 e. The molecule has 0 amide bonds. The van der Waals surface area contributed by atoms with Crippen LogP contribution < -0.4 is 11.1 Å². The maximum absolute atomic E-state index is 5.80. The summed E-state index contributed by atoms with van der Waals surface area (Å²) in [5.74, 6) is 0. The van der Waals surface area contributed by atoms with Crippen LogP contribution in [-0.2, 0) is 0 Å². The Balaban J connectivity index is 2.23. The standard InChI is InChI=1S/C9H12N2S/c10-8-4-7(5-11-6-8)9-2-1-3-12-9/h1-4,8,11H,5-6,10H2. The zero-order valence-electron chi connectivity index (χ0n) is 6.79. The molecule has 0 fully saturated rings. The summed E-state index contributed by atoms with van der Waals surface area (Å²) in [7, 11) is 0. The highest BCUT2D eigenvalue weighted by molar-refractivity contribution is 7.11. The number of nitrogens with two attached hydrogens (primary N) is 1. The van der Waals surface area contributed by atoms with Crippen LogP contribution in [0.25, 0.3) is 5.57 Å². The lowest BCUT2D eigenvalue weighted by Gasteiger charge is -2.18. The first-order chi connectivity index (χ1) is 5.86. The molecule has 2 nitrogen and oxygen atoms in total. The summed E-state index contributed by atoms with van der Waals surface area (Å²) in [6, 6.07) is 4.38. The second-order valence-corrected chi connectivity index (χ2v) is 3.91. The van der Waals surface area contributed by atoms with Crippen molar-refractivity contribution in [1.29, 1.82) is 0 Å². The van der Waals surface area contributed by atoms with Gasteiger partial charge in [0.2, 0.25) is 0 Å². The van der Waals surface area contributed by atoms with E-state index in [2.05, 4.69) is 28.9 Å². The summed E-state index contributed by atoms with van der Waals surface area (Å²) in [6.45, 7) is 1.85. The fourth-order valence-corrected chi connectivity index (χ4v) is 2.13. The third-order valence-electron chi connectivity index (χ3n) is 1.95. The van der Waals surface area contributed by atoms with E-state index in [1.807, 2.05) is 0 Å². The number of hydrogen-bond donors (Lipinski definition) is 2. The molecule has 12 heavy (non-hydrogen) atoms. The van der Waals surface area contributed by atoms with E-state index < -0.39 is 0 Å². The molecule has 1 unspecified atom stereocenters. The third-order valence-corrected chi connectivity index (χ3v) is 2.89. The molecule has 0 aliphatic carbocycles. The zero-order valence-corrected chi connectivity index (χ0v) is 7.60. The van der Waals surface area contributed by atoms with Gasteiger partial charge in [-0.05, 0) is 17.0 Å². The molecular formula is C9H12N2S. The topological polar surface area (TPSA) is 38.0 Å². The van der Waals surface area contributed by atoms with E-state index in [-0.39, 0.29) is 6.04 Å². The lowest BCUT2D eigenvalue weighted by Crippen LogP contribution is -2.37. The highest BCUT2D eigenvalue weighted by Crippen LogP contribution is 2.20. The molecule has 64 valence electrons. The smallest absolute Gasteiger partial charge is 0.0357 e. The number of nitrogens with one attached hydrogen (secondary N) is 1. The minimum Gasteiger partial charge on any atom is -0.323 e. The van der Waals surface area contributed by atoms with Gasteiger partial charge in [0.25, 0.3) is 0 Å². The first-order valence-corrected chi connectivity index (χ1v) is 4.95. The Morgan fingerprint density at radius 2 is 2.50 bits per heavy atom. The molecule has 2 heterocycles. The Labute approximate surface area is 76.1 Å². The van der Waals surface area contributed by atoms with Crippen molar-refractivity contribution < 1.29 is 0 Å². The lowest BCUT2D eigenvalue weighted by molar-refractivity contribution is 0.663. The molecule has 3 heteroatoms. The van der Waals surface area contributed by atoms with E-state index in [1.165, 1.54) is 10.5 Å². The Hall–Kier alpha value is -0.640. The molecule has 0 saturated carbocycles. The Kier molecular flexibility index (Phi) is 2.26. The summed E-state index contributed by atoms with van der Waals surface area (Å²) in [4.78, 5) is 1.33. The van der Waals surface area contributed by atoms with Crippen LogP contribution in [0.3, 0.4) is 0 Å². The monoisotopic (exact) mass is 180 g/mol. The van der Waals surface area contributed by atoms with Gasteiger partial charge in [0.15, 0.2) is 0 Å². The van der Waals surface area contributed by atoms with Crippen LogP contribution in [0.5, 0.6) is 0 Å². The molecule has 0 bridgehead atoms. The van der Waals surface area contributed by atoms with Crippen molar-refractivity contribution in [2.24, 2.45) is 5.73 Å². The molecule has 0 saturated heterocycles. The molecule has 1 aliphatic rings. The summed E-state index contributed by atoms with van der Waals surface area (Å²) < 4.78 is 0. The quantitative estimate of drug-likeness (QED) is 0.678. The molecule has 1 aromatic heterocycles. The Bertz CT molecular complexity index is 277. The van der Waals surface area contributed by atoms with Crippen LogP contribution in [0.4, 0.5) is 0 Å². The minimum absolute atomic E-state index is 0.177. The van der Waals surface area contributed by atoms with E-state index >= 15 is 0 Å². The molecular weight excluding hydrogens is 168 g/mol. The number of hydrogen-bond acceptors (Lipinski definition) is 3. The van der Waals surface area contributed by atoms with Crippen molar-refractivity contribution >= 4 is 16.9 Å². The van der Waals surface area contributed by atoms with Gasteiger partial charge in [-0.2, -0.15) is 0 Å². The number of thiophene rings is 1. The van der Waals surface area contributed by atoms with Crippen LogP contribution in [0.2, 0.25) is 0 Å². The van der Waals surface area contributed by atoms with E-state index in [4.69, 9.17) is 5.73 Å². The van der Waals surface area contributed by atoms with Gasteiger partial charge >= 0.3 is 0 Å². The van der Waals surface area contributed by atoms with Crippen LogP contribution in [0.1, 0.15) is 4.88 Å². The molecule has 3 N–H and O–H groups in total. The number of rotatable bonds is 1. The summed E-state index contributed by atoms with van der Waals surface area (Å²) >= 11 is 1.77. The van der Waals surface area contributed by atoms with Crippen molar-refractivity contribution in [3.63, 3.8) is 0 Å². The van der Waals surface area contributed by atoms with Gasteiger partial charge in [0, 0.05) is 24.0 Å². The Morgan fingerprint density at radius 1 is 1.58 bits per heavy atom. The highest BCUT2D eigenvalue weighted by atomic mass is 32.1. The average Bonchev–Trinajstić information content (AvgIpc) is 2.56. The van der Waals surface area contributed by atoms with Crippen molar-refractivity contribution in [3.8, 4) is 0 Å². The molecule has 1 aromatic rings. The summed E-state index contributed by atoms with van der Waals surface area (Å²) in [5, 5.41) is 5.38. The lowest BCUT2D eigenvalue weighted by atomic mass is 10.1. The molecule has 1 atom stereocenters. The molecule has 0 radical (unpaired) electrons. The normalized spacial score (nSPS) is 23.8. The first kappa shape index (κ1) is 7.98. The summed E-state index contributed by atoms with van der Waals surface area (Å²) in [5.41, 5.74) is 7.13. The van der Waals surface area contributed by atoms with Crippen LogP contribution in [-0.4, -0.2) is 19.1 Å². The second kappa shape index (κ2) is 3.39. The first-order valence-electron chi connectivity index (χ1n) is 4.07. The van der Waals surface area contributed by atoms with E-state index in [9.17, 15) is 0 Å². The van der Waals surface area contributed by atoms with Crippen molar-refractivity contribution in [2.45, 2.75) is 6.04 Å². The van der Waals surface area contributed by atoms with Gasteiger partial charge in [-0.3, -0.25) is 0 Å². The van der Waals surface area contributed by atoms with Gasteiger partial charge in [-0.1, -0.05) is 12.1 Å². The van der Waals surface area contributed by atoms with E-state index in [0.29, 0.717) is 0 Å². The van der Waals surface area contributed by atoms with E-state index in [1.54, 1.807) is 11.3 Å². The minimum atomic E-state index is 0.177. The average molecular weight is 180 g/mol. The highest BCUT2D eigenvalue weighted by Gasteiger charge is 2.10. The van der Waals surface area contributed by atoms with Crippen molar-refractivity contribution in [1.82, 2.24) is 5.32 Å². The third kappa shape index (κ3) is 1.58.